The Morgan fingerprint density at radius 2 is 1.93 bits per heavy atom. The third-order valence-corrected chi connectivity index (χ3v) is 5.19. The SMILES string of the molecule is CCOC(=O)c1c(-c2ccccc2Cl)csc1NC(=O)c1cccnc1Cl. The number of pyridine rings is 1. The van der Waals surface area contributed by atoms with Crippen LogP contribution in [0.2, 0.25) is 10.2 Å². The summed E-state index contributed by atoms with van der Waals surface area (Å²) in [5.74, 6) is -1.01. The first-order valence-corrected chi connectivity index (χ1v) is 9.61. The van der Waals surface area contributed by atoms with E-state index in [2.05, 4.69) is 10.3 Å². The van der Waals surface area contributed by atoms with Crippen LogP contribution in [0.1, 0.15) is 27.6 Å². The zero-order chi connectivity index (χ0) is 19.4. The number of thiophene rings is 1. The Labute approximate surface area is 169 Å². The number of amides is 1. The number of halogens is 2. The van der Waals surface area contributed by atoms with Gasteiger partial charge in [0.2, 0.25) is 0 Å². The average molecular weight is 421 g/mol. The van der Waals surface area contributed by atoms with Gasteiger partial charge in [-0.15, -0.1) is 11.3 Å². The van der Waals surface area contributed by atoms with Crippen molar-refractivity contribution in [2.24, 2.45) is 0 Å². The smallest absolute Gasteiger partial charge is 0.341 e. The molecule has 0 atom stereocenters. The van der Waals surface area contributed by atoms with Gasteiger partial charge in [0.05, 0.1) is 12.2 Å². The van der Waals surface area contributed by atoms with Crippen molar-refractivity contribution in [1.82, 2.24) is 4.98 Å². The molecule has 1 aromatic carbocycles. The van der Waals surface area contributed by atoms with Crippen LogP contribution in [0.25, 0.3) is 11.1 Å². The molecule has 2 heterocycles. The minimum Gasteiger partial charge on any atom is -0.462 e. The van der Waals surface area contributed by atoms with Crippen LogP contribution in [0, 0.1) is 0 Å². The molecule has 0 unspecified atom stereocenters. The van der Waals surface area contributed by atoms with E-state index in [1.807, 2.05) is 6.07 Å². The molecule has 0 spiro atoms. The number of benzene rings is 1. The molecule has 0 fully saturated rings. The highest BCUT2D eigenvalue weighted by Crippen LogP contribution is 2.39. The second-order valence-electron chi connectivity index (χ2n) is 5.35. The first-order valence-electron chi connectivity index (χ1n) is 7.98. The summed E-state index contributed by atoms with van der Waals surface area (Å²) in [4.78, 5) is 29.0. The standard InChI is InChI=1S/C19H14Cl2N2O3S/c1-2-26-19(25)15-13(11-6-3-4-8-14(11)20)10-27-18(15)23-17(24)12-7-5-9-22-16(12)21/h3-10H,2H2,1H3,(H,23,24). The first kappa shape index (κ1) is 19.4. The molecule has 138 valence electrons. The number of esters is 1. The van der Waals surface area contributed by atoms with Gasteiger partial charge in [0.25, 0.3) is 5.91 Å². The largest absolute Gasteiger partial charge is 0.462 e. The number of hydrogen-bond donors (Lipinski definition) is 1. The Morgan fingerprint density at radius 3 is 2.63 bits per heavy atom. The summed E-state index contributed by atoms with van der Waals surface area (Å²) >= 11 is 13.5. The minimum atomic E-state index is -0.541. The molecule has 0 aliphatic heterocycles. The summed E-state index contributed by atoms with van der Waals surface area (Å²) in [6.45, 7) is 1.92. The van der Waals surface area contributed by atoms with Crippen LogP contribution in [0.3, 0.4) is 0 Å². The van der Waals surface area contributed by atoms with E-state index in [0.29, 0.717) is 21.2 Å². The number of nitrogens with zero attached hydrogens (tertiary/aromatic N) is 1. The van der Waals surface area contributed by atoms with Crippen molar-refractivity contribution < 1.29 is 14.3 Å². The number of carbonyl (C=O) groups excluding carboxylic acids is 2. The Hall–Kier alpha value is -2.41. The first-order chi connectivity index (χ1) is 13.0. The number of rotatable bonds is 5. The fourth-order valence-corrected chi connectivity index (χ4v) is 3.85. The van der Waals surface area contributed by atoms with Gasteiger partial charge in [0.1, 0.15) is 15.7 Å². The van der Waals surface area contributed by atoms with Gasteiger partial charge in [-0.05, 0) is 25.1 Å². The van der Waals surface area contributed by atoms with Gasteiger partial charge >= 0.3 is 5.97 Å². The Kier molecular flexibility index (Phi) is 6.11. The quantitative estimate of drug-likeness (QED) is 0.434. The summed E-state index contributed by atoms with van der Waals surface area (Å²) in [6, 6.07) is 10.3. The van der Waals surface area contributed by atoms with Crippen LogP contribution in [0.15, 0.2) is 48.0 Å². The van der Waals surface area contributed by atoms with Crippen LogP contribution in [0.5, 0.6) is 0 Å². The molecule has 1 N–H and O–H groups in total. The van der Waals surface area contributed by atoms with Gasteiger partial charge in [-0.2, -0.15) is 0 Å². The van der Waals surface area contributed by atoms with Crippen molar-refractivity contribution in [1.29, 1.82) is 0 Å². The van der Waals surface area contributed by atoms with Gasteiger partial charge in [-0.3, -0.25) is 4.79 Å². The number of anilines is 1. The minimum absolute atomic E-state index is 0.0792. The zero-order valence-corrected chi connectivity index (χ0v) is 16.5. The number of carbonyl (C=O) groups is 2. The van der Waals surface area contributed by atoms with Crippen molar-refractivity contribution >= 4 is 51.4 Å². The number of nitrogens with one attached hydrogen (secondary N) is 1. The lowest BCUT2D eigenvalue weighted by molar-refractivity contribution is 0.0529. The van der Waals surface area contributed by atoms with Crippen molar-refractivity contribution in [3.8, 4) is 11.1 Å². The molecule has 3 rings (SSSR count). The predicted octanol–water partition coefficient (Wildman–Crippen LogP) is 5.55. The summed E-state index contributed by atoms with van der Waals surface area (Å²) < 4.78 is 5.17. The molecule has 0 radical (unpaired) electrons. The molecular formula is C19H14Cl2N2O3S. The number of ether oxygens (including phenoxy) is 1. The molecule has 27 heavy (non-hydrogen) atoms. The fraction of sp³-hybridized carbons (Fsp3) is 0.105. The molecule has 0 saturated heterocycles. The lowest BCUT2D eigenvalue weighted by atomic mass is 10.0. The molecule has 0 aliphatic rings. The highest BCUT2D eigenvalue weighted by molar-refractivity contribution is 7.15. The van der Waals surface area contributed by atoms with Crippen LogP contribution in [-0.2, 0) is 4.74 Å². The lowest BCUT2D eigenvalue weighted by Gasteiger charge is -2.10. The third kappa shape index (κ3) is 4.13. The molecule has 2 aromatic heterocycles. The Bertz CT molecular complexity index is 1000. The van der Waals surface area contributed by atoms with E-state index in [4.69, 9.17) is 27.9 Å². The van der Waals surface area contributed by atoms with Gasteiger partial charge in [-0.25, -0.2) is 9.78 Å². The normalized spacial score (nSPS) is 10.5. The van der Waals surface area contributed by atoms with E-state index in [-0.39, 0.29) is 22.9 Å². The monoisotopic (exact) mass is 420 g/mol. The lowest BCUT2D eigenvalue weighted by Crippen LogP contribution is -2.15. The van der Waals surface area contributed by atoms with E-state index < -0.39 is 11.9 Å². The molecule has 8 heteroatoms. The fourth-order valence-electron chi connectivity index (χ4n) is 2.46. The molecule has 0 aliphatic carbocycles. The van der Waals surface area contributed by atoms with E-state index in [1.165, 1.54) is 17.5 Å². The van der Waals surface area contributed by atoms with Crippen molar-refractivity contribution in [3.63, 3.8) is 0 Å². The van der Waals surface area contributed by atoms with Crippen LogP contribution in [-0.4, -0.2) is 23.5 Å². The van der Waals surface area contributed by atoms with Gasteiger partial charge in [-0.1, -0.05) is 41.4 Å². The summed E-state index contributed by atoms with van der Waals surface area (Å²) in [6.07, 6.45) is 1.49. The van der Waals surface area contributed by atoms with Crippen LogP contribution in [0.4, 0.5) is 5.00 Å². The van der Waals surface area contributed by atoms with Gasteiger partial charge < -0.3 is 10.1 Å². The van der Waals surface area contributed by atoms with Gasteiger partial charge in [0.15, 0.2) is 0 Å². The van der Waals surface area contributed by atoms with Crippen molar-refractivity contribution in [2.45, 2.75) is 6.92 Å². The number of hydrogen-bond acceptors (Lipinski definition) is 5. The van der Waals surface area contributed by atoms with E-state index in [0.717, 1.165) is 0 Å². The second-order valence-corrected chi connectivity index (χ2v) is 6.99. The maximum absolute atomic E-state index is 12.6. The summed E-state index contributed by atoms with van der Waals surface area (Å²) in [5, 5.41) is 5.41. The average Bonchev–Trinajstić information content (AvgIpc) is 3.06. The zero-order valence-electron chi connectivity index (χ0n) is 14.2. The van der Waals surface area contributed by atoms with E-state index in [9.17, 15) is 9.59 Å². The van der Waals surface area contributed by atoms with Crippen LogP contribution >= 0.6 is 34.5 Å². The molecule has 3 aromatic rings. The maximum atomic E-state index is 12.6. The maximum Gasteiger partial charge on any atom is 0.341 e. The van der Waals surface area contributed by atoms with Crippen LogP contribution < -0.4 is 5.32 Å². The predicted molar refractivity (Wildman–Crippen MR) is 108 cm³/mol. The van der Waals surface area contributed by atoms with Crippen molar-refractivity contribution in [3.05, 3.63) is 69.3 Å². The summed E-state index contributed by atoms with van der Waals surface area (Å²) in [5.41, 5.74) is 1.74. The van der Waals surface area contributed by atoms with Gasteiger partial charge in [0, 0.05) is 27.7 Å². The Morgan fingerprint density at radius 1 is 1.15 bits per heavy atom. The third-order valence-electron chi connectivity index (χ3n) is 3.67. The van der Waals surface area contributed by atoms with Crippen molar-refractivity contribution in [2.75, 3.05) is 11.9 Å². The second kappa shape index (κ2) is 8.52. The molecule has 5 nitrogen and oxygen atoms in total. The highest BCUT2D eigenvalue weighted by atomic mass is 35.5. The number of aromatic nitrogens is 1. The topological polar surface area (TPSA) is 68.3 Å². The summed E-state index contributed by atoms with van der Waals surface area (Å²) in [7, 11) is 0. The highest BCUT2D eigenvalue weighted by Gasteiger charge is 2.24. The van der Waals surface area contributed by atoms with E-state index in [1.54, 1.807) is 42.6 Å². The van der Waals surface area contributed by atoms with E-state index >= 15 is 0 Å². The molecule has 0 bridgehead atoms. The molecular weight excluding hydrogens is 407 g/mol. The molecule has 0 saturated carbocycles. The Balaban J connectivity index is 2.03. The molecule has 1 amide bonds.